The number of ether oxygens (including phenoxy) is 1. The Balaban J connectivity index is 1.33. The van der Waals surface area contributed by atoms with E-state index in [0.29, 0.717) is 22.4 Å². The summed E-state index contributed by atoms with van der Waals surface area (Å²) in [4.78, 5) is 17.2. The topological polar surface area (TPSA) is 93.7 Å². The van der Waals surface area contributed by atoms with Gasteiger partial charge in [0.25, 0.3) is 5.69 Å². The van der Waals surface area contributed by atoms with E-state index in [-0.39, 0.29) is 17.8 Å². The highest BCUT2D eigenvalue weighted by atomic mass is 32.1. The van der Waals surface area contributed by atoms with Crippen molar-refractivity contribution in [2.45, 2.75) is 19.0 Å². The largest absolute Gasteiger partial charge is 0.459 e. The summed E-state index contributed by atoms with van der Waals surface area (Å²) in [6.07, 6.45) is 1.75. The van der Waals surface area contributed by atoms with Gasteiger partial charge in [-0.05, 0) is 91.9 Å². The molecule has 1 fully saturated rings. The number of thiocarbonyl (C=S) groups is 1. The number of anilines is 1. The predicted molar refractivity (Wildman–Crippen MR) is 156 cm³/mol. The molecule has 3 heterocycles. The second kappa shape index (κ2) is 10.6. The standard InChI is InChI=1S/C31H24N4O4S/c1-20-5-13-24(14-6-20)38-25-15-11-22(12-16-25)34-30(29(33-31(34)40)26-4-2-3-19-32-26)28-18-17-27(39-28)21-7-9-23(10-8-21)35(36)37/h2-19,29-30H,1H3,(H,33,40)/t29-,30+/m0/s1. The van der Waals surface area contributed by atoms with E-state index in [2.05, 4.69) is 10.3 Å². The Kier molecular flexibility index (Phi) is 6.71. The first-order chi connectivity index (χ1) is 19.5. The fraction of sp³-hybridized carbons (Fsp3) is 0.0968. The van der Waals surface area contributed by atoms with Gasteiger partial charge in [-0.2, -0.15) is 0 Å². The van der Waals surface area contributed by atoms with E-state index in [1.165, 1.54) is 17.7 Å². The molecule has 3 aromatic carbocycles. The van der Waals surface area contributed by atoms with Gasteiger partial charge in [-0.1, -0.05) is 23.8 Å². The molecule has 198 valence electrons. The zero-order valence-corrected chi connectivity index (χ0v) is 22.2. The summed E-state index contributed by atoms with van der Waals surface area (Å²) in [6.45, 7) is 2.04. The van der Waals surface area contributed by atoms with Gasteiger partial charge in [-0.15, -0.1) is 0 Å². The van der Waals surface area contributed by atoms with Crippen LogP contribution in [0.15, 0.2) is 114 Å². The molecule has 9 heteroatoms. The monoisotopic (exact) mass is 548 g/mol. The van der Waals surface area contributed by atoms with Crippen molar-refractivity contribution in [3.05, 3.63) is 136 Å². The molecule has 0 aliphatic carbocycles. The summed E-state index contributed by atoms with van der Waals surface area (Å²) >= 11 is 5.82. The van der Waals surface area contributed by atoms with E-state index in [1.54, 1.807) is 18.3 Å². The number of nitrogens with one attached hydrogen (secondary N) is 1. The first-order valence-corrected chi connectivity index (χ1v) is 13.1. The minimum atomic E-state index is -0.422. The van der Waals surface area contributed by atoms with Crippen LogP contribution in [-0.2, 0) is 0 Å². The highest BCUT2D eigenvalue weighted by Crippen LogP contribution is 2.43. The molecule has 1 aliphatic heterocycles. The van der Waals surface area contributed by atoms with Crippen LogP contribution in [0.3, 0.4) is 0 Å². The minimum absolute atomic E-state index is 0.0251. The molecule has 0 amide bonds. The van der Waals surface area contributed by atoms with Gasteiger partial charge in [0, 0.05) is 29.6 Å². The average molecular weight is 549 g/mol. The number of hydrogen-bond donors (Lipinski definition) is 1. The fourth-order valence-electron chi connectivity index (χ4n) is 4.75. The summed E-state index contributed by atoms with van der Waals surface area (Å²) in [5, 5.41) is 15.0. The van der Waals surface area contributed by atoms with E-state index in [0.717, 1.165) is 22.7 Å². The van der Waals surface area contributed by atoms with Gasteiger partial charge in [0.15, 0.2) is 5.11 Å². The van der Waals surface area contributed by atoms with Crippen molar-refractivity contribution >= 4 is 28.7 Å². The third kappa shape index (κ3) is 5.02. The number of pyridine rings is 1. The van der Waals surface area contributed by atoms with Crippen molar-refractivity contribution in [2.24, 2.45) is 0 Å². The lowest BCUT2D eigenvalue weighted by molar-refractivity contribution is -0.384. The molecule has 0 saturated carbocycles. The Hall–Kier alpha value is -5.02. The quantitative estimate of drug-likeness (QED) is 0.127. The number of furan rings is 1. The molecule has 2 atom stereocenters. The van der Waals surface area contributed by atoms with Crippen LogP contribution in [0.25, 0.3) is 11.3 Å². The van der Waals surface area contributed by atoms with Gasteiger partial charge in [0.1, 0.15) is 29.1 Å². The van der Waals surface area contributed by atoms with Gasteiger partial charge in [-0.25, -0.2) is 0 Å². The molecule has 1 N–H and O–H groups in total. The highest BCUT2D eigenvalue weighted by Gasteiger charge is 2.42. The fourth-order valence-corrected chi connectivity index (χ4v) is 5.10. The van der Waals surface area contributed by atoms with Gasteiger partial charge < -0.3 is 19.4 Å². The lowest BCUT2D eigenvalue weighted by Crippen LogP contribution is -2.29. The van der Waals surface area contributed by atoms with Crippen LogP contribution in [0, 0.1) is 17.0 Å². The molecule has 8 nitrogen and oxygen atoms in total. The highest BCUT2D eigenvalue weighted by molar-refractivity contribution is 7.80. The molecule has 2 aromatic heterocycles. The summed E-state index contributed by atoms with van der Waals surface area (Å²) in [7, 11) is 0. The van der Waals surface area contributed by atoms with Gasteiger partial charge in [-0.3, -0.25) is 15.1 Å². The molecule has 0 radical (unpaired) electrons. The Morgan fingerprint density at radius 1 is 0.925 bits per heavy atom. The molecule has 1 saturated heterocycles. The number of benzene rings is 3. The molecule has 0 unspecified atom stereocenters. The molecular formula is C31H24N4O4S. The van der Waals surface area contributed by atoms with Gasteiger partial charge >= 0.3 is 0 Å². The second-order valence-electron chi connectivity index (χ2n) is 9.41. The second-order valence-corrected chi connectivity index (χ2v) is 9.80. The van der Waals surface area contributed by atoms with Crippen molar-refractivity contribution in [1.29, 1.82) is 0 Å². The smallest absolute Gasteiger partial charge is 0.269 e. The van der Waals surface area contributed by atoms with Crippen LogP contribution in [0.4, 0.5) is 11.4 Å². The summed E-state index contributed by atoms with van der Waals surface area (Å²) in [5.74, 6) is 2.75. The first kappa shape index (κ1) is 25.3. The number of rotatable bonds is 7. The van der Waals surface area contributed by atoms with Crippen molar-refractivity contribution in [3.63, 3.8) is 0 Å². The maximum absolute atomic E-state index is 11.1. The van der Waals surface area contributed by atoms with Crippen molar-refractivity contribution in [1.82, 2.24) is 10.3 Å². The SMILES string of the molecule is Cc1ccc(Oc2ccc(N3C(=S)N[C@@H](c4ccccn4)[C@H]3c3ccc(-c4ccc([N+](=O)[O-])cc4)o3)cc2)cc1. The predicted octanol–water partition coefficient (Wildman–Crippen LogP) is 7.53. The average Bonchev–Trinajstić information content (AvgIpc) is 3.60. The van der Waals surface area contributed by atoms with Crippen molar-refractivity contribution in [3.8, 4) is 22.8 Å². The molecule has 0 spiro atoms. The minimum Gasteiger partial charge on any atom is -0.459 e. The van der Waals surface area contributed by atoms with Crippen molar-refractivity contribution < 1.29 is 14.1 Å². The third-order valence-corrected chi connectivity index (χ3v) is 7.07. The molecule has 40 heavy (non-hydrogen) atoms. The molecule has 5 aromatic rings. The summed E-state index contributed by atoms with van der Waals surface area (Å²) < 4.78 is 12.4. The Bertz CT molecular complexity index is 1650. The van der Waals surface area contributed by atoms with E-state index in [9.17, 15) is 10.1 Å². The number of aromatic nitrogens is 1. The molecular weight excluding hydrogens is 524 g/mol. The van der Waals surface area contributed by atoms with E-state index in [1.807, 2.05) is 90.7 Å². The number of non-ortho nitro benzene ring substituents is 1. The number of nitro benzene ring substituents is 1. The Labute approximate surface area is 236 Å². The third-order valence-electron chi connectivity index (χ3n) is 6.75. The number of nitro groups is 1. The Morgan fingerprint density at radius 3 is 2.27 bits per heavy atom. The van der Waals surface area contributed by atoms with Crippen LogP contribution in [0.1, 0.15) is 29.1 Å². The lowest BCUT2D eigenvalue weighted by atomic mass is 10.0. The molecule has 6 rings (SSSR count). The molecule has 0 bridgehead atoms. The van der Waals surface area contributed by atoms with Crippen LogP contribution >= 0.6 is 12.2 Å². The van der Waals surface area contributed by atoms with Crippen LogP contribution < -0.4 is 15.0 Å². The Morgan fingerprint density at radius 2 is 1.62 bits per heavy atom. The van der Waals surface area contributed by atoms with E-state index in [4.69, 9.17) is 21.4 Å². The summed E-state index contributed by atoms with van der Waals surface area (Å²) in [5.41, 5.74) is 3.62. The lowest BCUT2D eigenvalue weighted by Gasteiger charge is -2.26. The van der Waals surface area contributed by atoms with Crippen LogP contribution in [0.2, 0.25) is 0 Å². The van der Waals surface area contributed by atoms with Crippen molar-refractivity contribution in [2.75, 3.05) is 4.90 Å². The maximum atomic E-state index is 11.1. The maximum Gasteiger partial charge on any atom is 0.269 e. The molecule has 1 aliphatic rings. The van der Waals surface area contributed by atoms with Gasteiger partial charge in [0.2, 0.25) is 0 Å². The number of nitrogens with zero attached hydrogens (tertiary/aromatic N) is 3. The van der Waals surface area contributed by atoms with Crippen LogP contribution in [-0.4, -0.2) is 15.0 Å². The summed E-state index contributed by atoms with van der Waals surface area (Å²) in [6, 6.07) is 30.9. The number of aryl methyl sites for hydroxylation is 1. The zero-order chi connectivity index (χ0) is 27.6. The number of hydrogen-bond acceptors (Lipinski definition) is 6. The van der Waals surface area contributed by atoms with Crippen LogP contribution in [0.5, 0.6) is 11.5 Å². The zero-order valence-electron chi connectivity index (χ0n) is 21.4. The first-order valence-electron chi connectivity index (χ1n) is 12.7. The normalized spacial score (nSPS) is 16.5. The van der Waals surface area contributed by atoms with Gasteiger partial charge in [0.05, 0.1) is 16.7 Å². The van der Waals surface area contributed by atoms with E-state index >= 15 is 0 Å². The van der Waals surface area contributed by atoms with E-state index < -0.39 is 4.92 Å².